The topological polar surface area (TPSA) is 353 Å². The third-order valence-electron chi connectivity index (χ3n) is 9.35. The molecule has 0 aliphatic carbocycles. The SMILES string of the molecule is CSCCC(N)C(=O)NC(Cc1cnc[nH]1)C(=O)NC(CC(C)C)C(=O)NC(C(=O)N1CCCC1C(=O)NC(CCC(=O)O)C(=O)NC(CCC(=O)O)C(=O)O)C(C)O. The highest BCUT2D eigenvalue weighted by atomic mass is 32.2. The molecule has 22 nitrogen and oxygen atoms in total. The van der Waals surface area contributed by atoms with Gasteiger partial charge in [-0.25, -0.2) is 9.78 Å². The van der Waals surface area contributed by atoms with Gasteiger partial charge in [0.1, 0.15) is 36.3 Å². The van der Waals surface area contributed by atoms with Crippen LogP contribution in [0.1, 0.15) is 77.8 Å². The predicted octanol–water partition coefficient (Wildman–Crippen LogP) is -2.31. The highest BCUT2D eigenvalue weighted by molar-refractivity contribution is 7.98. The van der Waals surface area contributed by atoms with E-state index < -0.39 is 127 Å². The van der Waals surface area contributed by atoms with E-state index in [0.29, 0.717) is 17.9 Å². The molecule has 0 spiro atoms. The van der Waals surface area contributed by atoms with Crippen LogP contribution in [0.25, 0.3) is 0 Å². The van der Waals surface area contributed by atoms with Gasteiger partial charge >= 0.3 is 17.9 Å². The average molecular weight is 856 g/mol. The zero-order chi connectivity index (χ0) is 44.4. The van der Waals surface area contributed by atoms with E-state index in [2.05, 4.69) is 36.6 Å². The highest BCUT2D eigenvalue weighted by Crippen LogP contribution is 2.20. The van der Waals surface area contributed by atoms with E-state index in [1.165, 1.54) is 31.2 Å². The fourth-order valence-corrected chi connectivity index (χ4v) is 6.67. The van der Waals surface area contributed by atoms with Gasteiger partial charge in [0.2, 0.25) is 35.4 Å². The van der Waals surface area contributed by atoms with E-state index in [4.69, 9.17) is 10.8 Å². The number of hydrogen-bond donors (Lipinski definition) is 11. The van der Waals surface area contributed by atoms with Gasteiger partial charge in [0.15, 0.2) is 0 Å². The van der Waals surface area contributed by atoms with E-state index in [1.54, 1.807) is 13.8 Å². The van der Waals surface area contributed by atoms with Gasteiger partial charge in [-0.2, -0.15) is 11.8 Å². The smallest absolute Gasteiger partial charge is 0.326 e. The number of H-pyrrole nitrogens is 1. The van der Waals surface area contributed by atoms with Crippen LogP contribution >= 0.6 is 11.8 Å². The van der Waals surface area contributed by atoms with Crippen molar-refractivity contribution in [2.75, 3.05) is 18.6 Å². The van der Waals surface area contributed by atoms with Crippen LogP contribution in [0.3, 0.4) is 0 Å². The van der Waals surface area contributed by atoms with Crippen molar-refractivity contribution in [1.82, 2.24) is 41.5 Å². The van der Waals surface area contributed by atoms with Crippen molar-refractivity contribution in [3.05, 3.63) is 18.2 Å². The summed E-state index contributed by atoms with van der Waals surface area (Å²) >= 11 is 1.50. The highest BCUT2D eigenvalue weighted by Gasteiger charge is 2.41. The number of aliphatic hydroxyl groups excluding tert-OH is 1. The zero-order valence-electron chi connectivity index (χ0n) is 33.5. The van der Waals surface area contributed by atoms with Gasteiger partial charge in [-0.15, -0.1) is 0 Å². The Morgan fingerprint density at radius 3 is 1.95 bits per heavy atom. The molecule has 1 fully saturated rings. The Bertz CT molecular complexity index is 1630. The number of aliphatic carboxylic acids is 3. The van der Waals surface area contributed by atoms with Crippen molar-refractivity contribution < 1.29 is 63.6 Å². The van der Waals surface area contributed by atoms with E-state index in [0.717, 1.165) is 4.90 Å². The first-order valence-electron chi connectivity index (χ1n) is 19.1. The summed E-state index contributed by atoms with van der Waals surface area (Å²) in [5.41, 5.74) is 6.54. The molecule has 6 amide bonds. The Balaban J connectivity index is 2.28. The molecule has 2 rings (SSSR count). The first-order chi connectivity index (χ1) is 27.7. The van der Waals surface area contributed by atoms with Crippen LogP contribution in [-0.2, 0) is 49.6 Å². The summed E-state index contributed by atoms with van der Waals surface area (Å²) in [6, 6.07) is -9.51. The Kier molecular flexibility index (Phi) is 20.8. The van der Waals surface area contributed by atoms with E-state index >= 15 is 0 Å². The van der Waals surface area contributed by atoms with Crippen LogP contribution in [0.5, 0.6) is 0 Å². The minimum absolute atomic E-state index is 0.0154. The number of likely N-dealkylation sites (tertiary alicyclic amines) is 1. The number of aromatic amines is 1. The van der Waals surface area contributed by atoms with E-state index in [-0.39, 0.29) is 38.1 Å². The molecule has 12 N–H and O–H groups in total. The quantitative estimate of drug-likeness (QED) is 0.0466. The fraction of sp³-hybridized carbons (Fsp3) is 0.667. The Morgan fingerprint density at radius 1 is 0.831 bits per heavy atom. The molecule has 23 heteroatoms. The lowest BCUT2D eigenvalue weighted by atomic mass is 10.0. The van der Waals surface area contributed by atoms with Gasteiger partial charge in [0, 0.05) is 37.7 Å². The third-order valence-corrected chi connectivity index (χ3v) is 9.99. The Hall–Kier alpha value is -5.29. The normalized spacial score (nSPS) is 17.3. The van der Waals surface area contributed by atoms with Gasteiger partial charge in [-0.05, 0) is 63.4 Å². The van der Waals surface area contributed by atoms with Gasteiger partial charge in [0.25, 0.3) is 0 Å². The van der Waals surface area contributed by atoms with Crippen molar-refractivity contribution in [2.45, 2.75) is 127 Å². The first-order valence-corrected chi connectivity index (χ1v) is 20.5. The number of aliphatic hydroxyl groups is 1. The van der Waals surface area contributed by atoms with Gasteiger partial charge < -0.3 is 62.6 Å². The number of aromatic nitrogens is 2. The molecule has 8 atom stereocenters. The molecule has 0 radical (unpaired) electrons. The number of rotatable bonds is 26. The molecule has 1 saturated heterocycles. The number of nitrogens with zero attached hydrogens (tertiary/aromatic N) is 2. The number of hydrogen-bond acceptors (Lipinski definition) is 13. The summed E-state index contributed by atoms with van der Waals surface area (Å²) in [7, 11) is 0. The van der Waals surface area contributed by atoms with Gasteiger partial charge in [0.05, 0.1) is 18.5 Å². The summed E-state index contributed by atoms with van der Waals surface area (Å²) in [6.45, 7) is 4.79. The molecule has 59 heavy (non-hydrogen) atoms. The molecule has 0 saturated carbocycles. The van der Waals surface area contributed by atoms with Gasteiger partial charge in [-0.1, -0.05) is 13.8 Å². The molecule has 2 heterocycles. The average Bonchev–Trinajstić information content (AvgIpc) is 3.87. The molecule has 1 aromatic rings. The summed E-state index contributed by atoms with van der Waals surface area (Å²) < 4.78 is 0. The maximum absolute atomic E-state index is 14.0. The molecular formula is C36H57N9O13S. The number of amides is 6. The standard InChI is InChI=1S/C36H57N9O13S/c1-18(2)14-24(43-32(53)25(15-20-16-38-17-39-20)42-30(51)21(37)11-13-59-4)33(54)44-29(19(3)46)35(56)45-12-5-6-26(45)34(55)40-22(7-9-27(47)48)31(52)41-23(36(57)58)8-10-28(49)50/h16-19,21-26,29,46H,5-15,37H2,1-4H3,(H,38,39)(H,40,55)(H,41,52)(H,42,51)(H,43,53)(H,44,54)(H,47,48)(H,49,50)(H,57,58). The zero-order valence-corrected chi connectivity index (χ0v) is 34.3. The van der Waals surface area contributed by atoms with Crippen molar-refractivity contribution in [2.24, 2.45) is 11.7 Å². The molecule has 1 aromatic heterocycles. The van der Waals surface area contributed by atoms with Crippen LogP contribution in [0, 0.1) is 5.92 Å². The molecule has 0 aromatic carbocycles. The summed E-state index contributed by atoms with van der Waals surface area (Å²) in [5.74, 6) is -8.82. The monoisotopic (exact) mass is 855 g/mol. The second-order valence-corrected chi connectivity index (χ2v) is 15.6. The van der Waals surface area contributed by atoms with Crippen LogP contribution in [0.15, 0.2) is 12.5 Å². The maximum atomic E-state index is 14.0. The lowest BCUT2D eigenvalue weighted by Gasteiger charge is -2.32. The maximum Gasteiger partial charge on any atom is 0.326 e. The summed E-state index contributed by atoms with van der Waals surface area (Å²) in [4.78, 5) is 123. The number of nitrogens with one attached hydrogen (secondary N) is 6. The minimum atomic E-state index is -1.67. The number of carbonyl (C=O) groups excluding carboxylic acids is 6. The van der Waals surface area contributed by atoms with Crippen molar-refractivity contribution in [3.63, 3.8) is 0 Å². The lowest BCUT2D eigenvalue weighted by molar-refractivity contribution is -0.146. The van der Waals surface area contributed by atoms with Crippen molar-refractivity contribution in [1.29, 1.82) is 0 Å². The lowest BCUT2D eigenvalue weighted by Crippen LogP contribution is -2.61. The molecule has 8 unspecified atom stereocenters. The minimum Gasteiger partial charge on any atom is -0.481 e. The Morgan fingerprint density at radius 2 is 1.41 bits per heavy atom. The molecular weight excluding hydrogens is 799 g/mol. The largest absolute Gasteiger partial charge is 0.481 e. The second-order valence-electron chi connectivity index (χ2n) is 14.7. The number of carboxylic acid groups (broad SMARTS) is 3. The Labute approximate surface area is 345 Å². The fourth-order valence-electron chi connectivity index (χ4n) is 6.18. The number of carbonyl (C=O) groups is 9. The third kappa shape index (κ3) is 16.8. The van der Waals surface area contributed by atoms with E-state index in [1.807, 2.05) is 6.26 Å². The summed E-state index contributed by atoms with van der Waals surface area (Å²) in [6.07, 6.45) is 1.74. The summed E-state index contributed by atoms with van der Waals surface area (Å²) in [5, 5.41) is 50.7. The number of carboxylic acids is 3. The van der Waals surface area contributed by atoms with Crippen LogP contribution < -0.4 is 32.3 Å². The van der Waals surface area contributed by atoms with Crippen LogP contribution in [-0.4, -0.2) is 156 Å². The van der Waals surface area contributed by atoms with Crippen LogP contribution in [0.2, 0.25) is 0 Å². The number of thioether (sulfide) groups is 1. The molecule has 1 aliphatic rings. The molecule has 0 bridgehead atoms. The van der Waals surface area contributed by atoms with Gasteiger partial charge in [-0.3, -0.25) is 38.4 Å². The van der Waals surface area contributed by atoms with Crippen LogP contribution in [0.4, 0.5) is 0 Å². The van der Waals surface area contributed by atoms with Crippen molar-refractivity contribution >= 4 is 65.1 Å². The number of imidazole rings is 1. The number of nitrogens with two attached hydrogens (primary N) is 1. The van der Waals surface area contributed by atoms with E-state index in [9.17, 15) is 58.5 Å². The predicted molar refractivity (Wildman–Crippen MR) is 210 cm³/mol. The second kappa shape index (κ2) is 24.6. The first kappa shape index (κ1) is 49.9. The van der Waals surface area contributed by atoms with Crippen molar-refractivity contribution in [3.8, 4) is 0 Å². The molecule has 330 valence electrons. The molecule has 1 aliphatic heterocycles.